The van der Waals surface area contributed by atoms with Crippen molar-refractivity contribution in [1.82, 2.24) is 9.21 Å². The number of benzene rings is 2. The second-order valence-electron chi connectivity index (χ2n) is 8.43. The summed E-state index contributed by atoms with van der Waals surface area (Å²) in [6.45, 7) is 1.33. The Kier molecular flexibility index (Phi) is 7.16. The van der Waals surface area contributed by atoms with Crippen molar-refractivity contribution < 1.29 is 22.7 Å². The highest BCUT2D eigenvalue weighted by molar-refractivity contribution is 7.89. The molecule has 0 aliphatic carbocycles. The second-order valence-corrected chi connectivity index (χ2v) is 10.8. The van der Waals surface area contributed by atoms with Crippen LogP contribution in [0.15, 0.2) is 47.4 Å². The number of carbonyl (C=O) groups excluding carboxylic acids is 1. The fraction of sp³-hybridized carbons (Fsp3) is 0.458. The Balaban J connectivity index is 1.46. The van der Waals surface area contributed by atoms with Crippen LogP contribution in [-0.4, -0.2) is 57.4 Å². The number of likely N-dealkylation sites (tertiary alicyclic amines) is 1. The van der Waals surface area contributed by atoms with E-state index in [1.165, 1.54) is 16.4 Å². The second kappa shape index (κ2) is 9.91. The third-order valence-electron chi connectivity index (χ3n) is 6.59. The van der Waals surface area contributed by atoms with Crippen LogP contribution in [0.4, 0.5) is 0 Å². The number of nitrogens with zero attached hydrogens (tertiary/aromatic N) is 2. The number of hydrogen-bond donors (Lipinski definition) is 0. The van der Waals surface area contributed by atoms with Crippen molar-refractivity contribution in [2.24, 2.45) is 5.92 Å². The molecule has 2 aromatic rings. The Morgan fingerprint density at radius 2 is 1.67 bits per heavy atom. The average Bonchev–Trinajstić information content (AvgIpc) is 3.33. The number of amides is 1. The number of ether oxygens (including phenoxy) is 2. The van der Waals surface area contributed by atoms with E-state index < -0.39 is 10.0 Å². The van der Waals surface area contributed by atoms with Gasteiger partial charge in [-0.1, -0.05) is 11.6 Å². The van der Waals surface area contributed by atoms with E-state index in [4.69, 9.17) is 21.1 Å². The monoisotopic (exact) mass is 492 g/mol. The molecule has 2 heterocycles. The summed E-state index contributed by atoms with van der Waals surface area (Å²) in [7, 11) is -0.350. The molecule has 2 aromatic carbocycles. The van der Waals surface area contributed by atoms with Crippen LogP contribution in [0.25, 0.3) is 0 Å². The molecule has 2 aliphatic rings. The van der Waals surface area contributed by atoms with Crippen molar-refractivity contribution in [1.29, 1.82) is 0 Å². The van der Waals surface area contributed by atoms with Crippen LogP contribution in [0, 0.1) is 5.92 Å². The minimum atomic E-state index is -3.60. The first-order valence-corrected chi connectivity index (χ1v) is 12.9. The summed E-state index contributed by atoms with van der Waals surface area (Å²) in [5.41, 5.74) is 0.949. The molecular formula is C24H29ClN2O5S. The van der Waals surface area contributed by atoms with E-state index in [2.05, 4.69) is 0 Å². The van der Waals surface area contributed by atoms with Gasteiger partial charge in [-0.15, -0.1) is 0 Å². The Labute approximate surface area is 200 Å². The molecule has 1 atom stereocenters. The molecule has 0 saturated carbocycles. The smallest absolute Gasteiger partial charge is 0.243 e. The predicted octanol–water partition coefficient (Wildman–Crippen LogP) is 4.12. The highest BCUT2D eigenvalue weighted by atomic mass is 35.5. The van der Waals surface area contributed by atoms with E-state index in [0.717, 1.165) is 29.9 Å². The molecule has 4 rings (SSSR count). The Bertz CT molecular complexity index is 1100. The molecule has 178 valence electrons. The van der Waals surface area contributed by atoms with Gasteiger partial charge < -0.3 is 14.4 Å². The van der Waals surface area contributed by atoms with Gasteiger partial charge in [-0.05, 0) is 68.1 Å². The van der Waals surface area contributed by atoms with Crippen LogP contribution in [0.3, 0.4) is 0 Å². The van der Waals surface area contributed by atoms with Gasteiger partial charge >= 0.3 is 0 Å². The minimum Gasteiger partial charge on any atom is -0.497 e. The van der Waals surface area contributed by atoms with Crippen LogP contribution in [0.2, 0.25) is 5.02 Å². The highest BCUT2D eigenvalue weighted by Gasteiger charge is 2.38. The fourth-order valence-corrected chi connectivity index (χ4v) is 6.38. The number of rotatable bonds is 6. The fourth-order valence-electron chi connectivity index (χ4n) is 4.79. The van der Waals surface area contributed by atoms with Crippen LogP contribution < -0.4 is 9.47 Å². The zero-order valence-electron chi connectivity index (χ0n) is 18.9. The number of methoxy groups -OCH3 is 2. The number of carbonyl (C=O) groups is 1. The van der Waals surface area contributed by atoms with Gasteiger partial charge in [0.25, 0.3) is 0 Å². The van der Waals surface area contributed by atoms with E-state index in [1.807, 2.05) is 23.1 Å². The molecule has 0 aromatic heterocycles. The maximum atomic E-state index is 13.5. The average molecular weight is 493 g/mol. The minimum absolute atomic E-state index is 0.0709. The van der Waals surface area contributed by atoms with Crippen molar-refractivity contribution >= 4 is 27.5 Å². The molecule has 7 nitrogen and oxygen atoms in total. The van der Waals surface area contributed by atoms with Gasteiger partial charge in [0.1, 0.15) is 11.5 Å². The maximum Gasteiger partial charge on any atom is 0.243 e. The largest absolute Gasteiger partial charge is 0.497 e. The molecule has 2 saturated heterocycles. The van der Waals surface area contributed by atoms with E-state index >= 15 is 0 Å². The van der Waals surface area contributed by atoms with Crippen LogP contribution in [0.1, 0.15) is 37.3 Å². The normalized spacial score (nSPS) is 20.1. The molecule has 2 fully saturated rings. The van der Waals surface area contributed by atoms with Crippen molar-refractivity contribution in [2.45, 2.75) is 36.6 Å². The van der Waals surface area contributed by atoms with Gasteiger partial charge in [-0.25, -0.2) is 8.42 Å². The topological polar surface area (TPSA) is 76.2 Å². The third-order valence-corrected chi connectivity index (χ3v) is 8.75. The van der Waals surface area contributed by atoms with Gasteiger partial charge in [-0.3, -0.25) is 4.79 Å². The lowest BCUT2D eigenvalue weighted by Crippen LogP contribution is -2.44. The lowest BCUT2D eigenvalue weighted by Gasteiger charge is -2.34. The summed E-state index contributed by atoms with van der Waals surface area (Å²) < 4.78 is 38.3. The van der Waals surface area contributed by atoms with Gasteiger partial charge in [0.2, 0.25) is 15.9 Å². The SMILES string of the molecule is COc1ccc(OC)c([C@@H]2CCCN2C(=O)C2CCN(S(=O)(=O)c3ccc(Cl)cc3)CC2)c1. The quantitative estimate of drug-likeness (QED) is 0.606. The van der Waals surface area contributed by atoms with Crippen LogP contribution in [0.5, 0.6) is 11.5 Å². The zero-order valence-corrected chi connectivity index (χ0v) is 20.4. The molecule has 0 radical (unpaired) electrons. The predicted molar refractivity (Wildman–Crippen MR) is 126 cm³/mol. The summed E-state index contributed by atoms with van der Waals surface area (Å²) in [6, 6.07) is 11.8. The van der Waals surface area contributed by atoms with Gasteiger partial charge in [0, 0.05) is 36.1 Å². The Morgan fingerprint density at radius 1 is 0.970 bits per heavy atom. The van der Waals surface area contributed by atoms with Crippen molar-refractivity contribution in [3.63, 3.8) is 0 Å². The van der Waals surface area contributed by atoms with Crippen LogP contribution in [-0.2, 0) is 14.8 Å². The van der Waals surface area contributed by atoms with Gasteiger partial charge in [0.05, 0.1) is 25.2 Å². The van der Waals surface area contributed by atoms with E-state index in [9.17, 15) is 13.2 Å². The van der Waals surface area contributed by atoms with E-state index in [0.29, 0.717) is 37.5 Å². The van der Waals surface area contributed by atoms with Crippen molar-refractivity contribution in [3.8, 4) is 11.5 Å². The Hall–Kier alpha value is -2.29. The molecule has 33 heavy (non-hydrogen) atoms. The first-order valence-electron chi connectivity index (χ1n) is 11.1. The van der Waals surface area contributed by atoms with Gasteiger partial charge in [0.15, 0.2) is 0 Å². The zero-order chi connectivity index (χ0) is 23.6. The summed E-state index contributed by atoms with van der Waals surface area (Å²) in [5.74, 6) is 1.36. The first-order chi connectivity index (χ1) is 15.8. The lowest BCUT2D eigenvalue weighted by atomic mass is 9.95. The lowest BCUT2D eigenvalue weighted by molar-refractivity contribution is -0.137. The molecule has 0 spiro atoms. The third kappa shape index (κ3) is 4.83. The highest BCUT2D eigenvalue weighted by Crippen LogP contribution is 2.40. The molecule has 9 heteroatoms. The molecule has 0 N–H and O–H groups in total. The summed E-state index contributed by atoms with van der Waals surface area (Å²) >= 11 is 5.89. The molecule has 1 amide bonds. The molecule has 0 bridgehead atoms. The molecule has 0 unspecified atom stereocenters. The van der Waals surface area contributed by atoms with E-state index in [1.54, 1.807) is 26.4 Å². The summed E-state index contributed by atoms with van der Waals surface area (Å²) in [6.07, 6.45) is 2.79. The molecular weight excluding hydrogens is 464 g/mol. The van der Waals surface area contributed by atoms with Gasteiger partial charge in [-0.2, -0.15) is 4.31 Å². The standard InChI is InChI=1S/C24H29ClN2O5S/c1-31-19-7-10-23(32-2)21(16-19)22-4-3-13-27(22)24(28)17-11-14-26(15-12-17)33(29,30)20-8-5-18(25)6-9-20/h5-10,16-17,22H,3-4,11-15H2,1-2H3/t22-/m0/s1. The van der Waals surface area contributed by atoms with Crippen molar-refractivity contribution in [3.05, 3.63) is 53.1 Å². The van der Waals surface area contributed by atoms with E-state index in [-0.39, 0.29) is 22.8 Å². The number of hydrogen-bond acceptors (Lipinski definition) is 5. The Morgan fingerprint density at radius 3 is 2.30 bits per heavy atom. The number of halogens is 1. The maximum absolute atomic E-state index is 13.5. The number of sulfonamides is 1. The first kappa shape index (κ1) is 23.9. The summed E-state index contributed by atoms with van der Waals surface area (Å²) in [4.78, 5) is 15.6. The van der Waals surface area contributed by atoms with Crippen molar-refractivity contribution in [2.75, 3.05) is 33.9 Å². The number of piperidine rings is 1. The molecule has 2 aliphatic heterocycles. The summed E-state index contributed by atoms with van der Waals surface area (Å²) in [5, 5.41) is 0.492. The van der Waals surface area contributed by atoms with Crippen LogP contribution >= 0.6 is 11.6 Å².